The van der Waals surface area contributed by atoms with Crippen molar-refractivity contribution in [3.8, 4) is 0 Å². The molecule has 0 aromatic heterocycles. The van der Waals surface area contributed by atoms with E-state index in [2.05, 4.69) is 50.4 Å². The van der Waals surface area contributed by atoms with Gasteiger partial charge in [-0.05, 0) is 30.2 Å². The van der Waals surface area contributed by atoms with Gasteiger partial charge in [0, 0.05) is 17.2 Å². The van der Waals surface area contributed by atoms with Gasteiger partial charge in [-0.3, -0.25) is 4.79 Å². The highest BCUT2D eigenvalue weighted by atomic mass is 32.2. The molecular formula is C21H30N3O3S+. The molecule has 1 atom stereocenters. The van der Waals surface area contributed by atoms with Gasteiger partial charge in [0.15, 0.2) is 6.54 Å². The molecule has 0 aliphatic carbocycles. The van der Waals surface area contributed by atoms with Gasteiger partial charge in [-0.25, -0.2) is 13.6 Å². The first kappa shape index (κ1) is 22.1. The molecule has 7 heteroatoms. The van der Waals surface area contributed by atoms with Gasteiger partial charge in [0.25, 0.3) is 5.91 Å². The van der Waals surface area contributed by atoms with E-state index in [0.29, 0.717) is 11.6 Å². The summed E-state index contributed by atoms with van der Waals surface area (Å²) in [5, 5.41) is 9.88. The Labute approximate surface area is 167 Å². The average molecular weight is 405 g/mol. The fourth-order valence-electron chi connectivity index (χ4n) is 3.19. The molecule has 28 heavy (non-hydrogen) atoms. The standard InChI is InChI=1S/C21H29N3O3S/c1-4-6-16-9-11-17(12-10-16)21(15(2)3)23-14-20(25)24-18-7-5-8-19(13-18)28(22,26)27/h5,7-13,15,21,23H,4,6,14H2,1-3H3,(H,24,25)(H2,22,26,27)/p+1/t21-/m1/s1. The Kier molecular flexibility index (Phi) is 7.74. The second-order valence-electron chi connectivity index (χ2n) is 7.32. The van der Waals surface area contributed by atoms with Gasteiger partial charge in [-0.1, -0.05) is 57.5 Å². The normalized spacial score (nSPS) is 12.8. The van der Waals surface area contributed by atoms with Crippen LogP contribution in [0.15, 0.2) is 53.4 Å². The number of hydrogen-bond donors (Lipinski definition) is 3. The third-order valence-electron chi connectivity index (χ3n) is 4.63. The molecule has 0 spiro atoms. The van der Waals surface area contributed by atoms with Crippen LogP contribution in [-0.4, -0.2) is 20.9 Å². The maximum Gasteiger partial charge on any atom is 0.279 e. The van der Waals surface area contributed by atoms with E-state index in [9.17, 15) is 13.2 Å². The monoisotopic (exact) mass is 404 g/mol. The molecule has 0 bridgehead atoms. The lowest BCUT2D eigenvalue weighted by Gasteiger charge is -2.20. The zero-order chi connectivity index (χ0) is 20.7. The van der Waals surface area contributed by atoms with Crippen molar-refractivity contribution in [3.05, 3.63) is 59.7 Å². The number of primary sulfonamides is 1. The van der Waals surface area contributed by atoms with Crippen LogP contribution in [0.2, 0.25) is 0 Å². The minimum Gasteiger partial charge on any atom is -0.332 e. The third kappa shape index (κ3) is 6.44. The van der Waals surface area contributed by atoms with Crippen LogP contribution >= 0.6 is 0 Å². The van der Waals surface area contributed by atoms with E-state index in [1.165, 1.54) is 23.3 Å². The quantitative estimate of drug-likeness (QED) is 0.596. The van der Waals surface area contributed by atoms with Gasteiger partial charge < -0.3 is 10.6 Å². The highest BCUT2D eigenvalue weighted by Gasteiger charge is 2.20. The molecule has 5 N–H and O–H groups in total. The number of amides is 1. The summed E-state index contributed by atoms with van der Waals surface area (Å²) in [6, 6.07) is 14.7. The number of anilines is 1. The lowest BCUT2D eigenvalue weighted by molar-refractivity contribution is -0.692. The van der Waals surface area contributed by atoms with E-state index in [1.807, 2.05) is 5.32 Å². The molecule has 6 nitrogen and oxygen atoms in total. The Hall–Kier alpha value is -2.22. The zero-order valence-corrected chi connectivity index (χ0v) is 17.5. The number of nitrogens with two attached hydrogens (primary N) is 2. The summed E-state index contributed by atoms with van der Waals surface area (Å²) >= 11 is 0. The number of sulfonamides is 1. The van der Waals surface area contributed by atoms with Crippen molar-refractivity contribution in [2.75, 3.05) is 11.9 Å². The Balaban J connectivity index is 2.01. The summed E-state index contributed by atoms with van der Waals surface area (Å²) in [6.45, 7) is 6.66. The van der Waals surface area contributed by atoms with Crippen LogP contribution in [0.5, 0.6) is 0 Å². The topological polar surface area (TPSA) is 106 Å². The molecule has 0 fully saturated rings. The van der Waals surface area contributed by atoms with E-state index in [0.717, 1.165) is 12.8 Å². The van der Waals surface area contributed by atoms with E-state index >= 15 is 0 Å². The summed E-state index contributed by atoms with van der Waals surface area (Å²) in [7, 11) is -3.80. The number of hydrogen-bond acceptors (Lipinski definition) is 3. The van der Waals surface area contributed by atoms with Gasteiger partial charge in [-0.15, -0.1) is 0 Å². The van der Waals surface area contributed by atoms with Crippen molar-refractivity contribution in [2.45, 2.75) is 44.6 Å². The molecule has 2 aromatic carbocycles. The van der Waals surface area contributed by atoms with Crippen LogP contribution in [0.1, 0.15) is 44.4 Å². The molecule has 0 saturated heterocycles. The predicted molar refractivity (Wildman–Crippen MR) is 111 cm³/mol. The minimum absolute atomic E-state index is 0.0264. The van der Waals surface area contributed by atoms with Gasteiger partial charge in [0.1, 0.15) is 6.04 Å². The van der Waals surface area contributed by atoms with Crippen LogP contribution in [-0.2, 0) is 21.2 Å². The highest BCUT2D eigenvalue weighted by molar-refractivity contribution is 7.89. The fraction of sp³-hybridized carbons (Fsp3) is 0.381. The van der Waals surface area contributed by atoms with Crippen LogP contribution in [0, 0.1) is 5.92 Å². The van der Waals surface area contributed by atoms with Crippen LogP contribution < -0.4 is 15.8 Å². The smallest absolute Gasteiger partial charge is 0.279 e. The van der Waals surface area contributed by atoms with Crippen molar-refractivity contribution in [3.63, 3.8) is 0 Å². The number of carbonyl (C=O) groups excluding carboxylic acids is 1. The number of rotatable bonds is 9. The first-order chi connectivity index (χ1) is 13.2. The number of benzene rings is 2. The summed E-state index contributed by atoms with van der Waals surface area (Å²) < 4.78 is 22.9. The third-order valence-corrected chi connectivity index (χ3v) is 5.54. The van der Waals surface area contributed by atoms with Crippen molar-refractivity contribution in [1.82, 2.24) is 0 Å². The maximum absolute atomic E-state index is 12.3. The average Bonchev–Trinajstić information content (AvgIpc) is 2.62. The molecular weight excluding hydrogens is 374 g/mol. The maximum atomic E-state index is 12.3. The van der Waals surface area contributed by atoms with Crippen molar-refractivity contribution in [2.24, 2.45) is 11.1 Å². The molecule has 2 rings (SSSR count). The van der Waals surface area contributed by atoms with Crippen LogP contribution in [0.4, 0.5) is 5.69 Å². The molecule has 0 aliphatic heterocycles. The summed E-state index contributed by atoms with van der Waals surface area (Å²) in [5.41, 5.74) is 2.93. The fourth-order valence-corrected chi connectivity index (χ4v) is 3.74. The molecule has 0 saturated carbocycles. The Morgan fingerprint density at radius 2 is 1.82 bits per heavy atom. The van der Waals surface area contributed by atoms with Gasteiger partial charge in [0.05, 0.1) is 4.90 Å². The van der Waals surface area contributed by atoms with Crippen LogP contribution in [0.25, 0.3) is 0 Å². The van der Waals surface area contributed by atoms with E-state index in [4.69, 9.17) is 5.14 Å². The van der Waals surface area contributed by atoms with Crippen LogP contribution in [0.3, 0.4) is 0 Å². The molecule has 1 amide bonds. The van der Waals surface area contributed by atoms with E-state index in [1.54, 1.807) is 12.1 Å². The van der Waals surface area contributed by atoms with Gasteiger partial charge >= 0.3 is 0 Å². The lowest BCUT2D eigenvalue weighted by Crippen LogP contribution is -2.88. The SMILES string of the molecule is CCCc1ccc([C@H]([NH2+]CC(=O)Nc2cccc(S(N)(=O)=O)c2)C(C)C)cc1. The first-order valence-electron chi connectivity index (χ1n) is 9.55. The van der Waals surface area contributed by atoms with Crippen molar-refractivity contribution >= 4 is 21.6 Å². The molecule has 152 valence electrons. The summed E-state index contributed by atoms with van der Waals surface area (Å²) in [5.74, 6) is 0.162. The molecule has 0 unspecified atom stereocenters. The largest absolute Gasteiger partial charge is 0.332 e. The van der Waals surface area contributed by atoms with E-state index in [-0.39, 0.29) is 23.4 Å². The summed E-state index contributed by atoms with van der Waals surface area (Å²) in [6.07, 6.45) is 2.18. The predicted octanol–water partition coefficient (Wildman–Crippen LogP) is 2.19. The minimum atomic E-state index is -3.80. The molecule has 0 heterocycles. The number of nitrogens with one attached hydrogen (secondary N) is 1. The van der Waals surface area contributed by atoms with Gasteiger partial charge in [-0.2, -0.15) is 0 Å². The second-order valence-corrected chi connectivity index (χ2v) is 8.88. The van der Waals surface area contributed by atoms with Crippen molar-refractivity contribution in [1.29, 1.82) is 0 Å². The first-order valence-corrected chi connectivity index (χ1v) is 11.1. The Morgan fingerprint density at radius 3 is 2.39 bits per heavy atom. The number of carbonyl (C=O) groups is 1. The number of quaternary nitrogens is 1. The van der Waals surface area contributed by atoms with Crippen molar-refractivity contribution < 1.29 is 18.5 Å². The molecule has 2 aromatic rings. The molecule has 0 aliphatic rings. The lowest BCUT2D eigenvalue weighted by atomic mass is 9.94. The Bertz CT molecular complexity index is 893. The molecule has 0 radical (unpaired) electrons. The second kappa shape index (κ2) is 9.82. The van der Waals surface area contributed by atoms with Gasteiger partial charge in [0.2, 0.25) is 10.0 Å². The highest BCUT2D eigenvalue weighted by Crippen LogP contribution is 2.19. The summed E-state index contributed by atoms with van der Waals surface area (Å²) in [4.78, 5) is 12.3. The number of aryl methyl sites for hydroxylation is 1. The zero-order valence-electron chi connectivity index (χ0n) is 16.7. The van der Waals surface area contributed by atoms with E-state index < -0.39 is 10.0 Å². The Morgan fingerprint density at radius 1 is 1.14 bits per heavy atom.